The fraction of sp³-hybridized carbons (Fsp3) is 0.550. The van der Waals surface area contributed by atoms with E-state index in [1.54, 1.807) is 20.8 Å². The Balaban J connectivity index is 0.000000956. The Bertz CT molecular complexity index is 682. The van der Waals surface area contributed by atoms with Crippen molar-refractivity contribution in [3.05, 3.63) is 23.8 Å². The summed E-state index contributed by atoms with van der Waals surface area (Å²) in [5.74, 6) is -1.91. The van der Waals surface area contributed by atoms with E-state index in [4.69, 9.17) is 9.84 Å². The molecule has 1 unspecified atom stereocenters. The lowest BCUT2D eigenvalue weighted by molar-refractivity contribution is -0.143. The van der Waals surface area contributed by atoms with Crippen LogP contribution in [-0.4, -0.2) is 52.1 Å². The molecule has 164 valence electrons. The maximum absolute atomic E-state index is 11.8. The predicted molar refractivity (Wildman–Crippen MR) is 106 cm³/mol. The summed E-state index contributed by atoms with van der Waals surface area (Å²) in [4.78, 5) is 33.3. The molecule has 0 aliphatic carbocycles. The molecule has 0 bridgehead atoms. The summed E-state index contributed by atoms with van der Waals surface area (Å²) < 4.78 is 9.74. The number of esters is 1. The molecule has 0 aliphatic heterocycles. The van der Waals surface area contributed by atoms with Gasteiger partial charge in [-0.15, -0.1) is 0 Å². The van der Waals surface area contributed by atoms with Crippen LogP contribution in [0.1, 0.15) is 52.5 Å². The normalized spacial score (nSPS) is 11.5. The van der Waals surface area contributed by atoms with Crippen LogP contribution in [0.15, 0.2) is 18.2 Å². The number of carbonyl (C=O) groups is 3. The SMILES string of the molecule is CCCCC(=O)O.COC(=O)C(Cc1ccc(O)c(O)c1)NC(=O)OC(C)(C)C. The number of carboxylic acids is 1. The Labute approximate surface area is 170 Å². The quantitative estimate of drug-likeness (QED) is 0.395. The van der Waals surface area contributed by atoms with Gasteiger partial charge in [-0.3, -0.25) is 4.79 Å². The van der Waals surface area contributed by atoms with E-state index >= 15 is 0 Å². The highest BCUT2D eigenvalue weighted by molar-refractivity contribution is 5.81. The number of rotatable bonds is 7. The van der Waals surface area contributed by atoms with Crippen LogP contribution in [-0.2, 0) is 25.5 Å². The Morgan fingerprint density at radius 2 is 1.76 bits per heavy atom. The summed E-state index contributed by atoms with van der Waals surface area (Å²) in [7, 11) is 1.21. The fourth-order valence-electron chi connectivity index (χ4n) is 2.05. The number of phenolic OH excluding ortho intramolecular Hbond substituents is 2. The number of nitrogens with one attached hydrogen (secondary N) is 1. The molecule has 29 heavy (non-hydrogen) atoms. The molecule has 1 aromatic rings. The van der Waals surface area contributed by atoms with Crippen LogP contribution >= 0.6 is 0 Å². The van der Waals surface area contributed by atoms with Crippen molar-refractivity contribution in [1.29, 1.82) is 0 Å². The van der Waals surface area contributed by atoms with Crippen molar-refractivity contribution < 1.29 is 39.2 Å². The topological polar surface area (TPSA) is 142 Å². The first-order valence-corrected chi connectivity index (χ1v) is 9.19. The zero-order chi connectivity index (χ0) is 22.6. The monoisotopic (exact) mass is 413 g/mol. The smallest absolute Gasteiger partial charge is 0.408 e. The van der Waals surface area contributed by atoms with Gasteiger partial charge in [-0.2, -0.15) is 0 Å². The van der Waals surface area contributed by atoms with Crippen molar-refractivity contribution in [2.45, 2.75) is 65.0 Å². The molecule has 0 spiro atoms. The minimum atomic E-state index is -0.969. The summed E-state index contributed by atoms with van der Waals surface area (Å²) >= 11 is 0. The van der Waals surface area contributed by atoms with Crippen molar-refractivity contribution in [3.8, 4) is 11.5 Å². The third-order valence-corrected chi connectivity index (χ3v) is 3.40. The van der Waals surface area contributed by atoms with E-state index < -0.39 is 29.7 Å². The van der Waals surface area contributed by atoms with Crippen molar-refractivity contribution in [1.82, 2.24) is 5.32 Å². The van der Waals surface area contributed by atoms with E-state index in [0.29, 0.717) is 12.0 Å². The van der Waals surface area contributed by atoms with Gasteiger partial charge in [-0.1, -0.05) is 19.4 Å². The molecule has 1 atom stereocenters. The number of phenols is 2. The second-order valence-electron chi connectivity index (χ2n) is 7.25. The highest BCUT2D eigenvalue weighted by Gasteiger charge is 2.25. The Morgan fingerprint density at radius 1 is 1.14 bits per heavy atom. The first kappa shape index (κ1) is 26.0. The van der Waals surface area contributed by atoms with Gasteiger partial charge in [0.1, 0.15) is 11.6 Å². The van der Waals surface area contributed by atoms with Crippen LogP contribution in [0.25, 0.3) is 0 Å². The van der Waals surface area contributed by atoms with E-state index in [9.17, 15) is 24.6 Å². The Hall–Kier alpha value is -2.97. The predicted octanol–water partition coefficient (Wildman–Crippen LogP) is 2.97. The zero-order valence-corrected chi connectivity index (χ0v) is 17.5. The number of aromatic hydroxyl groups is 2. The number of aliphatic carboxylic acids is 1. The maximum atomic E-state index is 11.8. The lowest BCUT2D eigenvalue weighted by atomic mass is 10.1. The fourth-order valence-corrected chi connectivity index (χ4v) is 2.05. The Morgan fingerprint density at radius 3 is 2.17 bits per heavy atom. The van der Waals surface area contributed by atoms with Gasteiger partial charge in [0.05, 0.1) is 7.11 Å². The molecule has 0 heterocycles. The summed E-state index contributed by atoms with van der Waals surface area (Å²) in [5.41, 5.74) is -0.150. The van der Waals surface area contributed by atoms with Crippen molar-refractivity contribution >= 4 is 18.0 Å². The summed E-state index contributed by atoms with van der Waals surface area (Å²) in [6.45, 7) is 7.09. The number of carboxylic acid groups (broad SMARTS) is 1. The van der Waals surface area contributed by atoms with Crippen LogP contribution in [0.5, 0.6) is 11.5 Å². The van der Waals surface area contributed by atoms with Crippen LogP contribution < -0.4 is 5.32 Å². The van der Waals surface area contributed by atoms with E-state index in [1.165, 1.54) is 25.3 Å². The van der Waals surface area contributed by atoms with Gasteiger partial charge < -0.3 is 30.1 Å². The molecule has 1 amide bonds. The second kappa shape index (κ2) is 12.5. The van der Waals surface area contributed by atoms with Gasteiger partial charge >= 0.3 is 18.0 Å². The molecule has 4 N–H and O–H groups in total. The van der Waals surface area contributed by atoms with Gasteiger partial charge in [-0.05, 0) is 44.9 Å². The average molecular weight is 413 g/mol. The highest BCUT2D eigenvalue weighted by atomic mass is 16.6. The van der Waals surface area contributed by atoms with Gasteiger partial charge in [0, 0.05) is 12.8 Å². The van der Waals surface area contributed by atoms with Crippen LogP contribution in [0.4, 0.5) is 4.79 Å². The van der Waals surface area contributed by atoms with Gasteiger partial charge in [-0.25, -0.2) is 9.59 Å². The highest BCUT2D eigenvalue weighted by Crippen LogP contribution is 2.25. The number of benzene rings is 1. The third-order valence-electron chi connectivity index (χ3n) is 3.40. The standard InChI is InChI=1S/C15H21NO6.C5H10O2/c1-15(2,3)22-14(20)16-10(13(19)21-4)7-9-5-6-11(17)12(18)8-9;1-2-3-4-5(6)7/h5-6,8,10,17-18H,7H2,1-4H3,(H,16,20);2-4H2,1H3,(H,6,7). The molecule has 0 aliphatic rings. The number of alkyl carbamates (subject to hydrolysis) is 1. The van der Waals surface area contributed by atoms with E-state index in [-0.39, 0.29) is 17.9 Å². The minimum absolute atomic E-state index is 0.0831. The zero-order valence-electron chi connectivity index (χ0n) is 17.5. The molecule has 1 rings (SSSR count). The van der Waals surface area contributed by atoms with Crippen molar-refractivity contribution in [3.63, 3.8) is 0 Å². The molecule has 1 aromatic carbocycles. The molecule has 0 radical (unpaired) electrons. The van der Waals surface area contributed by atoms with Crippen LogP contribution in [0, 0.1) is 0 Å². The molecule has 0 aromatic heterocycles. The summed E-state index contributed by atoms with van der Waals surface area (Å²) in [5, 5.41) is 29.2. The lowest BCUT2D eigenvalue weighted by Gasteiger charge is -2.22. The summed E-state index contributed by atoms with van der Waals surface area (Å²) in [6, 6.07) is 3.17. The van der Waals surface area contributed by atoms with Gasteiger partial charge in [0.15, 0.2) is 11.5 Å². The van der Waals surface area contributed by atoms with Crippen LogP contribution in [0.2, 0.25) is 0 Å². The second-order valence-corrected chi connectivity index (χ2v) is 7.25. The van der Waals surface area contributed by atoms with Crippen molar-refractivity contribution in [2.75, 3.05) is 7.11 Å². The lowest BCUT2D eigenvalue weighted by Crippen LogP contribution is -2.45. The van der Waals surface area contributed by atoms with Gasteiger partial charge in [0.25, 0.3) is 0 Å². The van der Waals surface area contributed by atoms with E-state index in [0.717, 1.165) is 12.8 Å². The average Bonchev–Trinajstić information content (AvgIpc) is 2.60. The number of ether oxygens (including phenoxy) is 2. The van der Waals surface area contributed by atoms with Gasteiger partial charge in [0.2, 0.25) is 0 Å². The molecule has 9 heteroatoms. The largest absolute Gasteiger partial charge is 0.504 e. The third kappa shape index (κ3) is 12.2. The number of methoxy groups -OCH3 is 1. The van der Waals surface area contributed by atoms with Crippen LogP contribution in [0.3, 0.4) is 0 Å². The number of amides is 1. The minimum Gasteiger partial charge on any atom is -0.504 e. The van der Waals surface area contributed by atoms with E-state index in [2.05, 4.69) is 10.1 Å². The number of hydrogen-bond acceptors (Lipinski definition) is 7. The molecular weight excluding hydrogens is 382 g/mol. The van der Waals surface area contributed by atoms with Crippen molar-refractivity contribution in [2.24, 2.45) is 0 Å². The number of hydrogen-bond donors (Lipinski definition) is 4. The molecule has 0 fully saturated rings. The maximum Gasteiger partial charge on any atom is 0.408 e. The molecule has 0 saturated carbocycles. The first-order valence-electron chi connectivity index (χ1n) is 9.19. The summed E-state index contributed by atoms with van der Waals surface area (Å²) in [6.07, 6.45) is 1.42. The molecule has 9 nitrogen and oxygen atoms in total. The van der Waals surface area contributed by atoms with E-state index in [1.807, 2.05) is 6.92 Å². The Kier molecular flexibility index (Phi) is 11.2. The number of unbranched alkanes of at least 4 members (excludes halogenated alkanes) is 1. The molecule has 0 saturated heterocycles. The molecular formula is C20H31NO8. The first-order chi connectivity index (χ1) is 13.4. The number of carbonyl (C=O) groups excluding carboxylic acids is 2.